The minimum atomic E-state index is -1.04. The number of rotatable bonds is 5. The Bertz CT molecular complexity index is 381. The Labute approximate surface area is 98.9 Å². The fourth-order valence-corrected chi connectivity index (χ4v) is 1.56. The first kappa shape index (κ1) is 12.8. The van der Waals surface area contributed by atoms with E-state index in [0.717, 1.165) is 6.42 Å². The summed E-state index contributed by atoms with van der Waals surface area (Å²) in [6.45, 7) is 2.49. The van der Waals surface area contributed by atoms with E-state index in [4.69, 9.17) is 16.7 Å². The SMILES string of the molecule is CCCNC(C(=O)O)c1cc(Cl)ccc1O. The predicted octanol–water partition coefficient (Wildman–Crippen LogP) is 2.17. The van der Waals surface area contributed by atoms with Crippen molar-refractivity contribution in [1.82, 2.24) is 5.32 Å². The second-order valence-corrected chi connectivity index (χ2v) is 3.86. The molecule has 0 amide bonds. The zero-order valence-electron chi connectivity index (χ0n) is 8.90. The topological polar surface area (TPSA) is 69.6 Å². The van der Waals surface area contributed by atoms with Crippen LogP contribution in [0.2, 0.25) is 5.02 Å². The molecule has 1 unspecified atom stereocenters. The second kappa shape index (κ2) is 5.72. The second-order valence-electron chi connectivity index (χ2n) is 3.43. The number of aliphatic carboxylic acids is 1. The monoisotopic (exact) mass is 243 g/mol. The summed E-state index contributed by atoms with van der Waals surface area (Å²) >= 11 is 5.77. The fraction of sp³-hybridized carbons (Fsp3) is 0.364. The molecule has 1 aromatic carbocycles. The number of carboxylic acid groups (broad SMARTS) is 1. The molecule has 1 atom stereocenters. The van der Waals surface area contributed by atoms with Gasteiger partial charge in [0.2, 0.25) is 0 Å². The van der Waals surface area contributed by atoms with Gasteiger partial charge < -0.3 is 15.5 Å². The number of nitrogens with one attached hydrogen (secondary N) is 1. The minimum Gasteiger partial charge on any atom is -0.508 e. The van der Waals surface area contributed by atoms with E-state index in [1.165, 1.54) is 18.2 Å². The number of carbonyl (C=O) groups is 1. The highest BCUT2D eigenvalue weighted by Gasteiger charge is 2.22. The summed E-state index contributed by atoms with van der Waals surface area (Å²) in [5.41, 5.74) is 0.286. The van der Waals surface area contributed by atoms with Crippen molar-refractivity contribution >= 4 is 17.6 Å². The maximum Gasteiger partial charge on any atom is 0.325 e. The Kier molecular flexibility index (Phi) is 4.58. The van der Waals surface area contributed by atoms with Crippen LogP contribution in [0, 0.1) is 0 Å². The van der Waals surface area contributed by atoms with Crippen LogP contribution in [0.4, 0.5) is 0 Å². The van der Waals surface area contributed by atoms with Gasteiger partial charge in [-0.1, -0.05) is 18.5 Å². The molecular formula is C11H14ClNO3. The van der Waals surface area contributed by atoms with Gasteiger partial charge in [-0.05, 0) is 31.2 Å². The molecule has 1 aromatic rings. The molecule has 5 heteroatoms. The normalized spacial score (nSPS) is 12.4. The van der Waals surface area contributed by atoms with Gasteiger partial charge in [0.25, 0.3) is 0 Å². The molecule has 0 saturated carbocycles. The Morgan fingerprint density at radius 1 is 1.56 bits per heavy atom. The first-order valence-electron chi connectivity index (χ1n) is 5.01. The molecule has 0 aliphatic rings. The molecule has 0 bridgehead atoms. The molecule has 3 N–H and O–H groups in total. The minimum absolute atomic E-state index is 0.0691. The van der Waals surface area contributed by atoms with E-state index in [0.29, 0.717) is 11.6 Å². The average molecular weight is 244 g/mol. The largest absolute Gasteiger partial charge is 0.508 e. The summed E-state index contributed by atoms with van der Waals surface area (Å²) in [6, 6.07) is 3.43. The van der Waals surface area contributed by atoms with Crippen LogP contribution in [-0.4, -0.2) is 22.7 Å². The lowest BCUT2D eigenvalue weighted by atomic mass is 10.1. The molecule has 0 spiro atoms. The van der Waals surface area contributed by atoms with Crippen molar-refractivity contribution < 1.29 is 15.0 Å². The third-order valence-corrected chi connectivity index (χ3v) is 2.38. The van der Waals surface area contributed by atoms with Gasteiger partial charge in [-0.25, -0.2) is 0 Å². The third kappa shape index (κ3) is 3.12. The molecule has 0 saturated heterocycles. The Morgan fingerprint density at radius 3 is 2.81 bits per heavy atom. The molecule has 0 aliphatic carbocycles. The molecule has 88 valence electrons. The van der Waals surface area contributed by atoms with Crippen molar-refractivity contribution in [2.24, 2.45) is 0 Å². The number of aromatic hydroxyl groups is 1. The zero-order valence-corrected chi connectivity index (χ0v) is 9.66. The number of phenolic OH excluding ortho intramolecular Hbond substituents is 1. The number of hydrogen-bond donors (Lipinski definition) is 3. The van der Waals surface area contributed by atoms with Crippen LogP contribution in [0.5, 0.6) is 5.75 Å². The lowest BCUT2D eigenvalue weighted by Gasteiger charge is -2.15. The van der Waals surface area contributed by atoms with Crippen molar-refractivity contribution in [2.75, 3.05) is 6.54 Å². The molecule has 1 rings (SSSR count). The van der Waals surface area contributed by atoms with E-state index >= 15 is 0 Å². The summed E-state index contributed by atoms with van der Waals surface area (Å²) in [6.07, 6.45) is 0.811. The van der Waals surface area contributed by atoms with Gasteiger partial charge in [-0.2, -0.15) is 0 Å². The Balaban J connectivity index is 3.00. The smallest absolute Gasteiger partial charge is 0.325 e. The lowest BCUT2D eigenvalue weighted by molar-refractivity contribution is -0.139. The molecule has 0 fully saturated rings. The molecule has 0 radical (unpaired) electrons. The van der Waals surface area contributed by atoms with Crippen molar-refractivity contribution in [3.8, 4) is 5.75 Å². The van der Waals surface area contributed by atoms with Crippen molar-refractivity contribution in [3.05, 3.63) is 28.8 Å². The van der Waals surface area contributed by atoms with Crippen molar-refractivity contribution in [2.45, 2.75) is 19.4 Å². The Hall–Kier alpha value is -1.26. The van der Waals surface area contributed by atoms with Gasteiger partial charge in [0, 0.05) is 10.6 Å². The van der Waals surface area contributed by atoms with E-state index < -0.39 is 12.0 Å². The van der Waals surface area contributed by atoms with Crippen molar-refractivity contribution in [1.29, 1.82) is 0 Å². The number of halogens is 1. The number of hydrogen-bond acceptors (Lipinski definition) is 3. The maximum absolute atomic E-state index is 11.1. The highest BCUT2D eigenvalue weighted by atomic mass is 35.5. The summed E-state index contributed by atoms with van der Waals surface area (Å²) in [5, 5.41) is 21.9. The number of carboxylic acids is 1. The van der Waals surface area contributed by atoms with E-state index in [1.807, 2.05) is 6.92 Å². The summed E-state index contributed by atoms with van der Waals surface area (Å²) in [7, 11) is 0. The van der Waals surface area contributed by atoms with E-state index in [2.05, 4.69) is 5.32 Å². The standard InChI is InChI=1S/C11H14ClNO3/c1-2-5-13-10(11(15)16)8-6-7(12)3-4-9(8)14/h3-4,6,10,13-14H,2,5H2,1H3,(H,15,16). The van der Waals surface area contributed by atoms with Crippen LogP contribution < -0.4 is 5.32 Å². The summed E-state index contributed by atoms with van der Waals surface area (Å²) < 4.78 is 0. The van der Waals surface area contributed by atoms with Gasteiger partial charge >= 0.3 is 5.97 Å². The van der Waals surface area contributed by atoms with E-state index in [9.17, 15) is 9.90 Å². The molecular weight excluding hydrogens is 230 g/mol. The molecule has 0 heterocycles. The third-order valence-electron chi connectivity index (χ3n) is 2.15. The van der Waals surface area contributed by atoms with Crippen LogP contribution in [-0.2, 0) is 4.79 Å². The predicted molar refractivity (Wildman–Crippen MR) is 61.8 cm³/mol. The molecule has 16 heavy (non-hydrogen) atoms. The average Bonchev–Trinajstić information content (AvgIpc) is 2.23. The zero-order chi connectivity index (χ0) is 12.1. The Morgan fingerprint density at radius 2 is 2.25 bits per heavy atom. The molecule has 0 aromatic heterocycles. The van der Waals surface area contributed by atoms with Crippen LogP contribution in [0.3, 0.4) is 0 Å². The van der Waals surface area contributed by atoms with Gasteiger partial charge in [0.15, 0.2) is 0 Å². The van der Waals surface area contributed by atoms with Crippen LogP contribution in [0.15, 0.2) is 18.2 Å². The van der Waals surface area contributed by atoms with Gasteiger partial charge in [0.1, 0.15) is 11.8 Å². The summed E-state index contributed by atoms with van der Waals surface area (Å²) in [4.78, 5) is 11.1. The van der Waals surface area contributed by atoms with Crippen LogP contribution >= 0.6 is 11.6 Å². The summed E-state index contributed by atoms with van der Waals surface area (Å²) in [5.74, 6) is -1.11. The fourth-order valence-electron chi connectivity index (χ4n) is 1.38. The van der Waals surface area contributed by atoms with E-state index in [1.54, 1.807) is 0 Å². The van der Waals surface area contributed by atoms with Gasteiger partial charge in [-0.3, -0.25) is 4.79 Å². The first-order valence-corrected chi connectivity index (χ1v) is 5.38. The first-order chi connectivity index (χ1) is 7.56. The van der Waals surface area contributed by atoms with Gasteiger partial charge in [-0.15, -0.1) is 0 Å². The van der Waals surface area contributed by atoms with E-state index in [-0.39, 0.29) is 11.3 Å². The van der Waals surface area contributed by atoms with Gasteiger partial charge in [0.05, 0.1) is 0 Å². The number of phenols is 1. The highest BCUT2D eigenvalue weighted by Crippen LogP contribution is 2.27. The number of benzene rings is 1. The highest BCUT2D eigenvalue weighted by molar-refractivity contribution is 6.30. The quantitative estimate of drug-likeness (QED) is 0.741. The molecule has 0 aliphatic heterocycles. The van der Waals surface area contributed by atoms with Crippen molar-refractivity contribution in [3.63, 3.8) is 0 Å². The van der Waals surface area contributed by atoms with Crippen LogP contribution in [0.1, 0.15) is 24.9 Å². The lowest BCUT2D eigenvalue weighted by Crippen LogP contribution is -2.29. The van der Waals surface area contributed by atoms with Crippen LogP contribution in [0.25, 0.3) is 0 Å². The molecule has 4 nitrogen and oxygen atoms in total. The maximum atomic E-state index is 11.1.